The molecule has 4 aliphatic rings. The van der Waals surface area contributed by atoms with Crippen LogP contribution < -0.4 is 5.32 Å². The first-order chi connectivity index (χ1) is 13.2. The van der Waals surface area contributed by atoms with E-state index in [1.807, 2.05) is 38.1 Å². The summed E-state index contributed by atoms with van der Waals surface area (Å²) in [6.07, 6.45) is 4.37. The summed E-state index contributed by atoms with van der Waals surface area (Å²) in [7, 11) is 0. The molecule has 0 radical (unpaired) electrons. The second-order valence-corrected chi connectivity index (χ2v) is 8.78. The highest BCUT2D eigenvalue weighted by Crippen LogP contribution is 2.50. The minimum Gasteiger partial charge on any atom is -0.371 e. The van der Waals surface area contributed by atoms with E-state index in [1.165, 1.54) is 9.80 Å². The molecule has 1 spiro atoms. The first kappa shape index (κ1) is 17.4. The van der Waals surface area contributed by atoms with Crippen molar-refractivity contribution in [3.63, 3.8) is 0 Å². The predicted molar refractivity (Wildman–Crippen MR) is 101 cm³/mol. The van der Waals surface area contributed by atoms with Crippen LogP contribution in [0, 0.1) is 5.41 Å². The first-order valence-electron chi connectivity index (χ1n) is 9.69. The van der Waals surface area contributed by atoms with Gasteiger partial charge >= 0.3 is 0 Å². The molecule has 0 saturated carbocycles. The second kappa shape index (κ2) is 5.23. The van der Waals surface area contributed by atoms with Crippen LogP contribution in [0.4, 0.5) is 5.69 Å². The van der Waals surface area contributed by atoms with Crippen LogP contribution in [0.15, 0.2) is 36.5 Å². The van der Waals surface area contributed by atoms with Crippen molar-refractivity contribution in [3.05, 3.63) is 42.1 Å². The van der Waals surface area contributed by atoms with E-state index in [2.05, 4.69) is 5.32 Å². The van der Waals surface area contributed by atoms with E-state index in [0.29, 0.717) is 18.5 Å². The number of carbonyl (C=O) groups excluding carboxylic acids is 3. The third kappa shape index (κ3) is 1.90. The molecule has 7 heteroatoms. The fourth-order valence-electron chi connectivity index (χ4n) is 5.19. The zero-order valence-corrected chi connectivity index (χ0v) is 15.9. The number of fused-ring (bicyclic) bond motifs is 3. The Bertz CT molecular complexity index is 955. The Morgan fingerprint density at radius 1 is 1.18 bits per heavy atom. The maximum Gasteiger partial charge on any atom is 0.280 e. The van der Waals surface area contributed by atoms with Crippen LogP contribution in [-0.4, -0.2) is 56.4 Å². The summed E-state index contributed by atoms with van der Waals surface area (Å²) in [6.45, 7) is 4.22. The molecule has 4 aliphatic heterocycles. The number of benzene rings is 1. The molecule has 1 aromatic rings. The van der Waals surface area contributed by atoms with Gasteiger partial charge in [0.2, 0.25) is 11.6 Å². The smallest absolute Gasteiger partial charge is 0.280 e. The number of nitrogens with one attached hydrogen (secondary N) is 1. The lowest BCUT2D eigenvalue weighted by Gasteiger charge is -2.47. The van der Waals surface area contributed by atoms with Crippen LogP contribution in [0.3, 0.4) is 0 Å². The highest BCUT2D eigenvalue weighted by Gasteiger charge is 2.63. The molecule has 3 atom stereocenters. The summed E-state index contributed by atoms with van der Waals surface area (Å²) in [5.41, 5.74) is -2.12. The number of nitrogens with zero attached hydrogens (tertiary/aromatic N) is 2. The van der Waals surface area contributed by atoms with Gasteiger partial charge in [0.25, 0.3) is 5.91 Å². The summed E-state index contributed by atoms with van der Waals surface area (Å²) in [5.74, 6) is -0.851. The molecule has 0 aliphatic carbocycles. The number of aliphatic hydroxyl groups is 1. The fourth-order valence-corrected chi connectivity index (χ4v) is 5.19. The standard InChI is InChI=1S/C21H23N3O4/c1-19(2)9-11-23-15(17(26)24-10-5-8-21(24,28)18(23)27)12-20(19)16(25)13-6-3-4-7-14(13)22-20/h3-4,6-7,9,11,15,22,28H,5,8,10,12H2,1-2H3/t15-,20-,21+/m0/s1. The zero-order valence-electron chi connectivity index (χ0n) is 15.9. The van der Waals surface area contributed by atoms with E-state index in [0.717, 1.165) is 5.69 Å². The summed E-state index contributed by atoms with van der Waals surface area (Å²) < 4.78 is 0. The third-order valence-electron chi connectivity index (χ3n) is 6.98. The van der Waals surface area contributed by atoms with Crippen LogP contribution in [0.1, 0.15) is 43.5 Å². The minimum absolute atomic E-state index is 0.0675. The lowest BCUT2D eigenvalue weighted by atomic mass is 9.67. The zero-order chi connectivity index (χ0) is 19.9. The lowest BCUT2D eigenvalue weighted by molar-refractivity contribution is -0.189. The summed E-state index contributed by atoms with van der Waals surface area (Å²) in [6, 6.07) is 6.51. The van der Waals surface area contributed by atoms with Crippen LogP contribution in [0.2, 0.25) is 0 Å². The van der Waals surface area contributed by atoms with Crippen molar-refractivity contribution in [1.82, 2.24) is 9.80 Å². The second-order valence-electron chi connectivity index (χ2n) is 8.78. The molecule has 4 heterocycles. The Hall–Kier alpha value is -2.67. The van der Waals surface area contributed by atoms with E-state index >= 15 is 0 Å². The molecular formula is C21H23N3O4. The summed E-state index contributed by atoms with van der Waals surface area (Å²) in [4.78, 5) is 42.5. The van der Waals surface area contributed by atoms with E-state index in [4.69, 9.17) is 0 Å². The number of rotatable bonds is 0. The van der Waals surface area contributed by atoms with Crippen molar-refractivity contribution < 1.29 is 19.5 Å². The topological polar surface area (TPSA) is 90.0 Å². The number of ketones is 1. The molecule has 146 valence electrons. The number of amides is 2. The van der Waals surface area contributed by atoms with Crippen LogP contribution >= 0.6 is 0 Å². The number of piperazine rings is 1. The van der Waals surface area contributed by atoms with Crippen molar-refractivity contribution >= 4 is 23.3 Å². The molecule has 28 heavy (non-hydrogen) atoms. The van der Waals surface area contributed by atoms with Crippen molar-refractivity contribution in [1.29, 1.82) is 0 Å². The van der Waals surface area contributed by atoms with Gasteiger partial charge in [0.05, 0.1) is 0 Å². The van der Waals surface area contributed by atoms with E-state index in [1.54, 1.807) is 12.3 Å². The van der Waals surface area contributed by atoms with Crippen molar-refractivity contribution in [2.45, 2.75) is 50.4 Å². The number of carbonyl (C=O) groups is 3. The summed E-state index contributed by atoms with van der Waals surface area (Å²) in [5, 5.41) is 14.3. The number of para-hydroxylation sites is 1. The maximum absolute atomic E-state index is 13.5. The Morgan fingerprint density at radius 3 is 2.68 bits per heavy atom. The number of anilines is 1. The van der Waals surface area contributed by atoms with Gasteiger partial charge in [-0.15, -0.1) is 0 Å². The SMILES string of the molecule is CC1(C)C=CN2C(=O)[C@]3(O)CCCN3C(=O)[C@@H]2C[C@@]12Nc1ccccc1C2=O. The van der Waals surface area contributed by atoms with Crippen LogP contribution in [0.25, 0.3) is 0 Å². The predicted octanol–water partition coefficient (Wildman–Crippen LogP) is 1.50. The van der Waals surface area contributed by atoms with Gasteiger partial charge in [-0.2, -0.15) is 0 Å². The quantitative estimate of drug-likeness (QED) is 0.711. The highest BCUT2D eigenvalue weighted by atomic mass is 16.3. The molecule has 0 aromatic heterocycles. The summed E-state index contributed by atoms with van der Waals surface area (Å²) >= 11 is 0. The molecule has 5 rings (SSSR count). The van der Waals surface area contributed by atoms with Gasteiger partial charge in [-0.05, 0) is 18.6 Å². The molecule has 0 unspecified atom stereocenters. The third-order valence-corrected chi connectivity index (χ3v) is 6.98. The lowest BCUT2D eigenvalue weighted by Crippen LogP contribution is -2.69. The molecule has 2 fully saturated rings. The number of hydrogen-bond donors (Lipinski definition) is 2. The van der Waals surface area contributed by atoms with Gasteiger partial charge in [-0.25, -0.2) is 0 Å². The van der Waals surface area contributed by atoms with E-state index in [9.17, 15) is 19.5 Å². The molecule has 7 nitrogen and oxygen atoms in total. The number of Topliss-reactive ketones (excluding diaryl/α,β-unsaturated/α-hetero) is 1. The average molecular weight is 381 g/mol. The molecule has 2 N–H and O–H groups in total. The molecule has 2 amide bonds. The Morgan fingerprint density at radius 2 is 1.93 bits per heavy atom. The monoisotopic (exact) mass is 381 g/mol. The first-order valence-corrected chi connectivity index (χ1v) is 9.69. The normalized spacial score (nSPS) is 35.5. The highest BCUT2D eigenvalue weighted by molar-refractivity contribution is 6.14. The fraction of sp³-hybridized carbons (Fsp3) is 0.476. The molecular weight excluding hydrogens is 358 g/mol. The van der Waals surface area contributed by atoms with E-state index in [-0.39, 0.29) is 24.5 Å². The van der Waals surface area contributed by atoms with Crippen LogP contribution in [0.5, 0.6) is 0 Å². The van der Waals surface area contributed by atoms with E-state index < -0.39 is 28.6 Å². The largest absolute Gasteiger partial charge is 0.371 e. The number of hydrogen-bond acceptors (Lipinski definition) is 5. The van der Waals surface area contributed by atoms with Crippen molar-refractivity contribution in [2.75, 3.05) is 11.9 Å². The van der Waals surface area contributed by atoms with Gasteiger partial charge < -0.3 is 20.2 Å². The van der Waals surface area contributed by atoms with Gasteiger partial charge in [-0.3, -0.25) is 14.4 Å². The van der Waals surface area contributed by atoms with Gasteiger partial charge in [-0.1, -0.05) is 32.1 Å². The minimum atomic E-state index is -1.77. The average Bonchev–Trinajstić information content (AvgIpc) is 3.16. The van der Waals surface area contributed by atoms with Gasteiger partial charge in [0, 0.05) is 42.3 Å². The molecule has 0 bridgehead atoms. The van der Waals surface area contributed by atoms with Crippen LogP contribution in [-0.2, 0) is 9.59 Å². The Balaban J connectivity index is 1.63. The Kier molecular flexibility index (Phi) is 3.25. The maximum atomic E-state index is 13.5. The van der Waals surface area contributed by atoms with Gasteiger partial charge in [0.15, 0.2) is 5.78 Å². The van der Waals surface area contributed by atoms with Crippen molar-refractivity contribution in [3.8, 4) is 0 Å². The molecule has 1 aromatic carbocycles. The van der Waals surface area contributed by atoms with Gasteiger partial charge in [0.1, 0.15) is 11.6 Å². The Labute approximate surface area is 163 Å². The molecule has 2 saturated heterocycles. The van der Waals surface area contributed by atoms with Crippen molar-refractivity contribution in [2.24, 2.45) is 5.41 Å².